The molecule has 0 aliphatic rings. The number of hydrogen-bond acceptors (Lipinski definition) is 5. The van der Waals surface area contributed by atoms with Crippen LogP contribution in [-0.4, -0.2) is 15.3 Å². The van der Waals surface area contributed by atoms with Crippen LogP contribution in [0.15, 0.2) is 60.7 Å². The molecule has 4 aromatic rings. The van der Waals surface area contributed by atoms with Crippen molar-refractivity contribution in [2.24, 2.45) is 0 Å². The Morgan fingerprint density at radius 1 is 0.875 bits per heavy atom. The molecule has 0 fully saturated rings. The number of aliphatic hydroxyl groups excluding tert-OH is 1. The van der Waals surface area contributed by atoms with Crippen LogP contribution in [0.5, 0.6) is 0 Å². The van der Waals surface area contributed by atoms with Crippen LogP contribution in [0.25, 0.3) is 32.6 Å². The van der Waals surface area contributed by atoms with E-state index in [1.807, 2.05) is 60.7 Å². The maximum Gasteiger partial charge on any atom is 0.149 e. The molecule has 24 heavy (non-hydrogen) atoms. The quantitative estimate of drug-likeness (QED) is 0.592. The largest absolute Gasteiger partial charge is 0.397 e. The third kappa shape index (κ3) is 2.35. The summed E-state index contributed by atoms with van der Waals surface area (Å²) in [4.78, 5) is 1.47. The summed E-state index contributed by atoms with van der Waals surface area (Å²) >= 11 is 1.39. The maximum atomic E-state index is 9.55. The second-order valence-electron chi connectivity index (χ2n) is 5.43. The number of thiophene rings is 1. The standard InChI is InChI=1S/C19H15N3OS/c20-17-14(11-23)24-19-16(17)15(12-7-3-1-4-8-12)18(21-22-19)13-9-5-2-6-10-13/h1-10,23H,11,20H2. The summed E-state index contributed by atoms with van der Waals surface area (Å²) < 4.78 is 0. The van der Waals surface area contributed by atoms with Gasteiger partial charge >= 0.3 is 0 Å². The highest BCUT2D eigenvalue weighted by Crippen LogP contribution is 2.42. The summed E-state index contributed by atoms with van der Waals surface area (Å²) in [6, 6.07) is 20.0. The molecule has 0 bridgehead atoms. The summed E-state index contributed by atoms with van der Waals surface area (Å²) in [6.07, 6.45) is 0. The number of hydrogen-bond donors (Lipinski definition) is 2. The molecule has 0 saturated carbocycles. The van der Waals surface area contributed by atoms with Gasteiger partial charge in [0.05, 0.1) is 17.2 Å². The Kier molecular flexibility index (Phi) is 3.72. The number of nitrogen functional groups attached to an aromatic ring is 1. The fraction of sp³-hybridized carbons (Fsp3) is 0.0526. The van der Waals surface area contributed by atoms with Gasteiger partial charge in [0.1, 0.15) is 10.5 Å². The van der Waals surface area contributed by atoms with Gasteiger partial charge in [-0.3, -0.25) is 0 Å². The highest BCUT2D eigenvalue weighted by molar-refractivity contribution is 7.19. The number of anilines is 1. The predicted octanol–water partition coefficient (Wildman–Crippen LogP) is 4.10. The molecule has 0 amide bonds. The number of rotatable bonds is 3. The normalized spacial score (nSPS) is 11.0. The van der Waals surface area contributed by atoms with Crippen LogP contribution in [0.4, 0.5) is 5.69 Å². The zero-order chi connectivity index (χ0) is 16.5. The van der Waals surface area contributed by atoms with Crippen molar-refractivity contribution in [3.8, 4) is 22.4 Å². The minimum Gasteiger partial charge on any atom is -0.397 e. The lowest BCUT2D eigenvalue weighted by Crippen LogP contribution is -1.96. The van der Waals surface area contributed by atoms with E-state index in [1.54, 1.807) is 0 Å². The average Bonchev–Trinajstić information content (AvgIpc) is 2.98. The van der Waals surface area contributed by atoms with Gasteiger partial charge in [0.15, 0.2) is 0 Å². The predicted molar refractivity (Wildman–Crippen MR) is 98.6 cm³/mol. The van der Waals surface area contributed by atoms with Gasteiger partial charge in [-0.2, -0.15) is 0 Å². The smallest absolute Gasteiger partial charge is 0.149 e. The molecule has 0 aliphatic heterocycles. The Bertz CT molecular complexity index is 997. The van der Waals surface area contributed by atoms with Crippen LogP contribution in [0, 0.1) is 0 Å². The molecular formula is C19H15N3OS. The number of nitrogens with zero attached hydrogens (tertiary/aromatic N) is 2. The number of benzene rings is 2. The van der Waals surface area contributed by atoms with Crippen molar-refractivity contribution in [1.29, 1.82) is 0 Å². The highest BCUT2D eigenvalue weighted by Gasteiger charge is 2.20. The highest BCUT2D eigenvalue weighted by atomic mass is 32.1. The third-order valence-electron chi connectivity index (χ3n) is 3.98. The molecule has 0 unspecified atom stereocenters. The summed E-state index contributed by atoms with van der Waals surface area (Å²) in [6.45, 7) is -0.0955. The van der Waals surface area contributed by atoms with Gasteiger partial charge in [0.2, 0.25) is 0 Å². The maximum absolute atomic E-state index is 9.55. The zero-order valence-electron chi connectivity index (χ0n) is 12.8. The molecule has 0 radical (unpaired) electrons. The van der Waals surface area contributed by atoms with E-state index in [9.17, 15) is 5.11 Å². The SMILES string of the molecule is Nc1c(CO)sc2nnc(-c3ccccc3)c(-c3ccccc3)c12. The van der Waals surface area contributed by atoms with Gasteiger partial charge in [-0.25, -0.2) is 0 Å². The van der Waals surface area contributed by atoms with E-state index < -0.39 is 0 Å². The minimum absolute atomic E-state index is 0.0955. The first-order chi connectivity index (χ1) is 11.8. The van der Waals surface area contributed by atoms with E-state index in [0.29, 0.717) is 5.69 Å². The second kappa shape index (κ2) is 6.03. The van der Waals surface area contributed by atoms with Gasteiger partial charge in [-0.1, -0.05) is 60.7 Å². The number of aliphatic hydroxyl groups is 1. The van der Waals surface area contributed by atoms with Crippen LogP contribution >= 0.6 is 11.3 Å². The zero-order valence-corrected chi connectivity index (χ0v) is 13.6. The van der Waals surface area contributed by atoms with Crippen molar-refractivity contribution >= 4 is 27.2 Å². The lowest BCUT2D eigenvalue weighted by atomic mass is 9.97. The molecule has 4 rings (SSSR count). The molecule has 0 aliphatic carbocycles. The van der Waals surface area contributed by atoms with Gasteiger partial charge in [-0.05, 0) is 5.56 Å². The summed E-state index contributed by atoms with van der Waals surface area (Å²) in [5.74, 6) is 0. The van der Waals surface area contributed by atoms with Crippen molar-refractivity contribution < 1.29 is 5.11 Å². The molecule has 5 heteroatoms. The molecule has 118 valence electrons. The minimum atomic E-state index is -0.0955. The Labute approximate surface area is 143 Å². The van der Waals surface area contributed by atoms with Crippen LogP contribution < -0.4 is 5.73 Å². The van der Waals surface area contributed by atoms with E-state index >= 15 is 0 Å². The van der Waals surface area contributed by atoms with Gasteiger partial charge in [0, 0.05) is 16.5 Å². The van der Waals surface area contributed by atoms with Crippen LogP contribution in [0.1, 0.15) is 4.88 Å². The molecule has 3 N–H and O–H groups in total. The molecule has 2 aromatic carbocycles. The van der Waals surface area contributed by atoms with Crippen molar-refractivity contribution in [2.45, 2.75) is 6.61 Å². The summed E-state index contributed by atoms with van der Waals surface area (Å²) in [5.41, 5.74) is 10.7. The fourth-order valence-corrected chi connectivity index (χ4v) is 3.76. The first-order valence-electron chi connectivity index (χ1n) is 7.59. The van der Waals surface area contributed by atoms with Crippen molar-refractivity contribution in [2.75, 3.05) is 5.73 Å². The van der Waals surface area contributed by atoms with Crippen LogP contribution in [0.3, 0.4) is 0 Å². The molecule has 2 aromatic heterocycles. The van der Waals surface area contributed by atoms with Gasteiger partial charge < -0.3 is 10.8 Å². The molecule has 0 saturated heterocycles. The number of fused-ring (bicyclic) bond motifs is 1. The summed E-state index contributed by atoms with van der Waals surface area (Å²) in [5, 5.41) is 19.2. The Hall–Kier alpha value is -2.76. The van der Waals surface area contributed by atoms with Crippen LogP contribution in [-0.2, 0) is 6.61 Å². The molecule has 0 atom stereocenters. The van der Waals surface area contributed by atoms with Crippen molar-refractivity contribution in [1.82, 2.24) is 10.2 Å². The van der Waals surface area contributed by atoms with Crippen LogP contribution in [0.2, 0.25) is 0 Å². The number of nitrogens with two attached hydrogens (primary N) is 1. The lowest BCUT2D eigenvalue weighted by molar-refractivity contribution is 0.286. The molecule has 0 spiro atoms. The lowest BCUT2D eigenvalue weighted by Gasteiger charge is -2.11. The third-order valence-corrected chi connectivity index (χ3v) is 5.06. The van der Waals surface area contributed by atoms with Crippen molar-refractivity contribution in [3.05, 3.63) is 65.5 Å². The van der Waals surface area contributed by atoms with Crippen molar-refractivity contribution in [3.63, 3.8) is 0 Å². The fourth-order valence-electron chi connectivity index (χ4n) is 2.85. The first-order valence-corrected chi connectivity index (χ1v) is 8.40. The molecule has 4 nitrogen and oxygen atoms in total. The summed E-state index contributed by atoms with van der Waals surface area (Å²) in [7, 11) is 0. The molecular weight excluding hydrogens is 318 g/mol. The van der Waals surface area contributed by atoms with E-state index in [4.69, 9.17) is 5.73 Å². The first kappa shape index (κ1) is 14.8. The number of aromatic nitrogens is 2. The second-order valence-corrected chi connectivity index (χ2v) is 6.52. The van der Waals surface area contributed by atoms with E-state index in [1.165, 1.54) is 11.3 Å². The topological polar surface area (TPSA) is 72.0 Å². The van der Waals surface area contributed by atoms with E-state index in [0.717, 1.165) is 37.5 Å². The Morgan fingerprint density at radius 2 is 1.50 bits per heavy atom. The van der Waals surface area contributed by atoms with Gasteiger partial charge in [0.25, 0.3) is 0 Å². The molecule has 2 heterocycles. The Balaban J connectivity index is 2.12. The Morgan fingerprint density at radius 3 is 2.12 bits per heavy atom. The average molecular weight is 333 g/mol. The van der Waals surface area contributed by atoms with E-state index in [2.05, 4.69) is 10.2 Å². The van der Waals surface area contributed by atoms with Gasteiger partial charge in [-0.15, -0.1) is 21.5 Å². The van der Waals surface area contributed by atoms with E-state index in [-0.39, 0.29) is 6.61 Å². The monoisotopic (exact) mass is 333 g/mol.